The second-order valence-electron chi connectivity index (χ2n) is 6.07. The highest BCUT2D eigenvalue weighted by Gasteiger charge is 2.39. The predicted octanol–water partition coefficient (Wildman–Crippen LogP) is 3.17. The fourth-order valence-corrected chi connectivity index (χ4v) is 3.48. The third-order valence-corrected chi connectivity index (χ3v) is 5.44. The van der Waals surface area contributed by atoms with Crippen LogP contribution in [0, 0.1) is 3.57 Å². The molecule has 0 N–H and O–H groups in total. The first-order chi connectivity index (χ1) is 12.0. The van der Waals surface area contributed by atoms with Crippen LogP contribution in [0.5, 0.6) is 0 Å². The zero-order valence-corrected chi connectivity index (χ0v) is 16.3. The van der Waals surface area contributed by atoms with Crippen LogP contribution >= 0.6 is 22.6 Å². The van der Waals surface area contributed by atoms with Crippen molar-refractivity contribution in [2.24, 2.45) is 0 Å². The number of halogens is 1. The Balaban J connectivity index is 1.91. The Morgan fingerprint density at radius 3 is 2.32 bits per heavy atom. The topological polar surface area (TPSA) is 40.6 Å². The fraction of sp³-hybridized carbons (Fsp3) is 0.200. The van der Waals surface area contributed by atoms with Crippen LogP contribution < -0.4 is 0 Å². The number of hydrogen-bond donors (Lipinski definition) is 0. The Morgan fingerprint density at radius 1 is 1.00 bits per heavy atom. The molecule has 128 valence electrons. The summed E-state index contributed by atoms with van der Waals surface area (Å²) in [6.45, 7) is 0. The molecule has 1 heterocycles. The Hall–Kier alpha value is -2.15. The molecule has 5 heteroatoms. The van der Waals surface area contributed by atoms with Crippen molar-refractivity contribution in [1.82, 2.24) is 9.80 Å². The fourth-order valence-electron chi connectivity index (χ4n) is 2.93. The van der Waals surface area contributed by atoms with E-state index in [-0.39, 0.29) is 11.8 Å². The number of nitrogens with zero attached hydrogens (tertiary/aromatic N) is 2. The van der Waals surface area contributed by atoms with Gasteiger partial charge in [-0.1, -0.05) is 48.5 Å². The average molecular weight is 446 g/mol. The third-order valence-electron chi connectivity index (χ3n) is 4.45. The lowest BCUT2D eigenvalue weighted by Gasteiger charge is -2.38. The van der Waals surface area contributed by atoms with E-state index >= 15 is 0 Å². The van der Waals surface area contributed by atoms with Gasteiger partial charge in [-0.2, -0.15) is 0 Å². The summed E-state index contributed by atoms with van der Waals surface area (Å²) < 4.78 is 1.04. The van der Waals surface area contributed by atoms with Gasteiger partial charge in [0, 0.05) is 24.1 Å². The van der Waals surface area contributed by atoms with Crippen LogP contribution in [0.4, 0.5) is 0 Å². The first-order valence-electron chi connectivity index (χ1n) is 8.04. The van der Waals surface area contributed by atoms with Crippen LogP contribution in [0.1, 0.15) is 11.1 Å². The van der Waals surface area contributed by atoms with Crippen molar-refractivity contribution in [2.45, 2.75) is 12.5 Å². The van der Waals surface area contributed by atoms with Gasteiger partial charge in [0.05, 0.1) is 0 Å². The van der Waals surface area contributed by atoms with Gasteiger partial charge in [0.15, 0.2) is 0 Å². The number of rotatable bonds is 3. The van der Waals surface area contributed by atoms with Gasteiger partial charge in [-0.05, 0) is 45.9 Å². The first kappa shape index (κ1) is 17.7. The Bertz CT molecular complexity index is 833. The normalized spacial score (nSPS) is 19.6. The van der Waals surface area contributed by atoms with Crippen molar-refractivity contribution in [3.05, 3.63) is 75.0 Å². The van der Waals surface area contributed by atoms with Gasteiger partial charge < -0.3 is 9.80 Å². The smallest absolute Gasteiger partial charge is 0.271 e. The summed E-state index contributed by atoms with van der Waals surface area (Å²) in [6.07, 6.45) is 2.31. The molecule has 0 aliphatic carbocycles. The highest BCUT2D eigenvalue weighted by molar-refractivity contribution is 14.1. The maximum Gasteiger partial charge on any atom is 0.271 e. The zero-order chi connectivity index (χ0) is 18.0. The molecular formula is C20H19IN2O2. The monoisotopic (exact) mass is 446 g/mol. The second kappa shape index (κ2) is 7.39. The van der Waals surface area contributed by atoms with Crippen molar-refractivity contribution in [3.63, 3.8) is 0 Å². The minimum absolute atomic E-state index is 0.0665. The maximum atomic E-state index is 12.9. The number of amides is 2. The number of piperazine rings is 1. The molecule has 1 aliphatic heterocycles. The van der Waals surface area contributed by atoms with Gasteiger partial charge in [-0.25, -0.2) is 0 Å². The summed E-state index contributed by atoms with van der Waals surface area (Å²) in [5, 5.41) is 0. The summed E-state index contributed by atoms with van der Waals surface area (Å²) >= 11 is 2.23. The molecule has 4 nitrogen and oxygen atoms in total. The van der Waals surface area contributed by atoms with E-state index in [9.17, 15) is 9.59 Å². The van der Waals surface area contributed by atoms with E-state index < -0.39 is 6.04 Å². The van der Waals surface area contributed by atoms with Crippen LogP contribution in [-0.4, -0.2) is 41.8 Å². The van der Waals surface area contributed by atoms with Gasteiger partial charge in [0.2, 0.25) is 5.91 Å². The van der Waals surface area contributed by atoms with Gasteiger partial charge >= 0.3 is 0 Å². The molecule has 1 atom stereocenters. The molecule has 2 aromatic rings. The maximum absolute atomic E-state index is 12.9. The SMILES string of the molecule is CN1C(=O)C(Cc2ccccc2)N(C)C(=O)/C1=C\c1ccccc1I. The number of likely N-dealkylation sites (N-methyl/N-ethyl adjacent to an activating group) is 2. The average Bonchev–Trinajstić information content (AvgIpc) is 2.63. The van der Waals surface area contributed by atoms with E-state index in [1.165, 1.54) is 4.90 Å². The molecule has 1 fully saturated rings. The van der Waals surface area contributed by atoms with Crippen LogP contribution in [0.15, 0.2) is 60.3 Å². The van der Waals surface area contributed by atoms with E-state index in [1.54, 1.807) is 25.1 Å². The van der Waals surface area contributed by atoms with Crippen LogP contribution in [0.3, 0.4) is 0 Å². The minimum Gasteiger partial charge on any atom is -0.328 e. The quantitative estimate of drug-likeness (QED) is 0.537. The molecule has 1 unspecified atom stereocenters. The number of carbonyl (C=O) groups excluding carboxylic acids is 2. The highest BCUT2D eigenvalue weighted by atomic mass is 127. The molecule has 1 aliphatic rings. The van der Waals surface area contributed by atoms with Crippen molar-refractivity contribution < 1.29 is 9.59 Å². The van der Waals surface area contributed by atoms with Crippen molar-refractivity contribution >= 4 is 40.5 Å². The molecular weight excluding hydrogens is 427 g/mol. The number of benzene rings is 2. The second-order valence-corrected chi connectivity index (χ2v) is 7.23. The summed E-state index contributed by atoms with van der Waals surface area (Å²) in [7, 11) is 3.37. The zero-order valence-electron chi connectivity index (χ0n) is 14.1. The standard InChI is InChI=1S/C20H19IN2O2/c1-22-17(12-14-8-4-3-5-9-14)19(24)23(2)18(20(22)25)13-15-10-6-7-11-16(15)21/h3-11,13,17H,12H2,1-2H3/b18-13+. The Morgan fingerprint density at radius 2 is 1.64 bits per heavy atom. The lowest BCUT2D eigenvalue weighted by atomic mass is 10.00. The van der Waals surface area contributed by atoms with Gasteiger partial charge in [-0.15, -0.1) is 0 Å². The van der Waals surface area contributed by atoms with Crippen molar-refractivity contribution in [3.8, 4) is 0 Å². The molecule has 25 heavy (non-hydrogen) atoms. The molecule has 2 amide bonds. The highest BCUT2D eigenvalue weighted by Crippen LogP contribution is 2.24. The summed E-state index contributed by atoms with van der Waals surface area (Å²) in [5.41, 5.74) is 2.38. The molecule has 0 radical (unpaired) electrons. The van der Waals surface area contributed by atoms with Crippen LogP contribution in [0.25, 0.3) is 6.08 Å². The molecule has 3 rings (SSSR count). The summed E-state index contributed by atoms with van der Waals surface area (Å²) in [4.78, 5) is 28.8. The molecule has 0 aromatic heterocycles. The molecule has 0 spiro atoms. The van der Waals surface area contributed by atoms with Crippen LogP contribution in [0.2, 0.25) is 0 Å². The predicted molar refractivity (Wildman–Crippen MR) is 107 cm³/mol. The van der Waals surface area contributed by atoms with E-state index in [2.05, 4.69) is 22.6 Å². The minimum atomic E-state index is -0.480. The number of carbonyl (C=O) groups is 2. The van der Waals surface area contributed by atoms with Gasteiger partial charge in [0.25, 0.3) is 5.91 Å². The van der Waals surface area contributed by atoms with E-state index in [0.717, 1.165) is 14.7 Å². The Labute approximate surface area is 161 Å². The van der Waals surface area contributed by atoms with E-state index in [4.69, 9.17) is 0 Å². The molecule has 0 saturated carbocycles. The summed E-state index contributed by atoms with van der Waals surface area (Å²) in [5.74, 6) is -0.203. The lowest BCUT2D eigenvalue weighted by Crippen LogP contribution is -2.56. The van der Waals surface area contributed by atoms with Gasteiger partial charge in [0.1, 0.15) is 11.7 Å². The molecule has 0 bridgehead atoms. The third kappa shape index (κ3) is 3.61. The molecule has 1 saturated heterocycles. The summed E-state index contributed by atoms with van der Waals surface area (Å²) in [6, 6.07) is 17.1. The molecule has 2 aromatic carbocycles. The lowest BCUT2D eigenvalue weighted by molar-refractivity contribution is -0.148. The first-order valence-corrected chi connectivity index (χ1v) is 9.12. The van der Waals surface area contributed by atoms with E-state index in [1.807, 2.05) is 54.6 Å². The van der Waals surface area contributed by atoms with Crippen molar-refractivity contribution in [2.75, 3.05) is 14.1 Å². The Kier molecular flexibility index (Phi) is 5.22. The van der Waals surface area contributed by atoms with Crippen molar-refractivity contribution in [1.29, 1.82) is 0 Å². The number of hydrogen-bond acceptors (Lipinski definition) is 2. The van der Waals surface area contributed by atoms with Gasteiger partial charge in [-0.3, -0.25) is 9.59 Å². The largest absolute Gasteiger partial charge is 0.328 e. The van der Waals surface area contributed by atoms with E-state index in [0.29, 0.717) is 12.1 Å². The van der Waals surface area contributed by atoms with Crippen LogP contribution in [-0.2, 0) is 16.0 Å².